The molecule has 0 heterocycles. The van der Waals surface area contributed by atoms with Crippen molar-refractivity contribution in [3.63, 3.8) is 0 Å². The Labute approximate surface area is 118 Å². The third kappa shape index (κ3) is 2.93. The van der Waals surface area contributed by atoms with Crippen LogP contribution in [0.1, 0.15) is 28.8 Å². The van der Waals surface area contributed by atoms with Crippen LogP contribution < -0.4 is 10.6 Å². The summed E-state index contributed by atoms with van der Waals surface area (Å²) in [6.45, 7) is 1.53. The second-order valence-corrected chi connectivity index (χ2v) is 4.96. The highest BCUT2D eigenvalue weighted by molar-refractivity contribution is 6.01. The number of nitrogens with one attached hydrogen (secondary N) is 2. The SMILES string of the molecule is Cc1cccc(NC(=O)NC2(C(F)(F)F)CC2)c1C(=O)O. The van der Waals surface area contributed by atoms with Gasteiger partial charge in [0.05, 0.1) is 11.3 Å². The van der Waals surface area contributed by atoms with Crippen LogP contribution >= 0.6 is 0 Å². The first-order valence-electron chi connectivity index (χ1n) is 6.15. The van der Waals surface area contributed by atoms with Gasteiger partial charge in [-0.15, -0.1) is 0 Å². The number of hydrogen-bond acceptors (Lipinski definition) is 2. The maximum Gasteiger partial charge on any atom is 0.411 e. The van der Waals surface area contributed by atoms with E-state index in [2.05, 4.69) is 5.32 Å². The molecule has 0 radical (unpaired) electrons. The Morgan fingerprint density at radius 3 is 2.38 bits per heavy atom. The number of aryl methyl sites for hydroxylation is 1. The number of carbonyl (C=O) groups excluding carboxylic acids is 1. The van der Waals surface area contributed by atoms with Crippen LogP contribution in [-0.2, 0) is 0 Å². The van der Waals surface area contributed by atoms with Crippen molar-refractivity contribution < 1.29 is 27.9 Å². The number of urea groups is 1. The molecule has 1 aromatic carbocycles. The monoisotopic (exact) mass is 302 g/mol. The molecule has 1 saturated carbocycles. The standard InChI is InChI=1S/C13H13F3N2O3/c1-7-3-2-4-8(9(7)10(19)20)17-11(21)18-12(5-6-12)13(14,15)16/h2-4H,5-6H2,1H3,(H,19,20)(H2,17,18,21). The zero-order valence-electron chi connectivity index (χ0n) is 11.0. The van der Waals surface area contributed by atoms with Gasteiger partial charge in [0, 0.05) is 0 Å². The Kier molecular flexibility index (Phi) is 3.56. The number of halogens is 3. The third-order valence-corrected chi connectivity index (χ3v) is 3.38. The lowest BCUT2D eigenvalue weighted by Crippen LogP contribution is -2.49. The molecule has 5 nitrogen and oxygen atoms in total. The lowest BCUT2D eigenvalue weighted by atomic mass is 10.1. The second kappa shape index (κ2) is 4.94. The van der Waals surface area contributed by atoms with Gasteiger partial charge in [0.15, 0.2) is 0 Å². The van der Waals surface area contributed by atoms with Crippen LogP contribution in [0.3, 0.4) is 0 Å². The molecule has 1 aliphatic rings. The van der Waals surface area contributed by atoms with E-state index in [9.17, 15) is 22.8 Å². The minimum atomic E-state index is -4.52. The highest BCUT2D eigenvalue weighted by atomic mass is 19.4. The predicted molar refractivity (Wildman–Crippen MR) is 68.3 cm³/mol. The molecule has 0 unspecified atom stereocenters. The third-order valence-electron chi connectivity index (χ3n) is 3.38. The molecular weight excluding hydrogens is 289 g/mol. The zero-order valence-corrected chi connectivity index (χ0v) is 11.0. The van der Waals surface area contributed by atoms with E-state index >= 15 is 0 Å². The number of carboxylic acid groups (broad SMARTS) is 1. The van der Waals surface area contributed by atoms with Gasteiger partial charge in [0.1, 0.15) is 5.54 Å². The predicted octanol–water partition coefficient (Wildman–Crippen LogP) is 2.91. The number of alkyl halides is 3. The fourth-order valence-corrected chi connectivity index (χ4v) is 2.03. The Hall–Kier alpha value is -2.25. The van der Waals surface area contributed by atoms with Crippen LogP contribution in [-0.4, -0.2) is 28.8 Å². The van der Waals surface area contributed by atoms with Crippen LogP contribution in [0.2, 0.25) is 0 Å². The number of amides is 2. The highest BCUT2D eigenvalue weighted by Crippen LogP contribution is 2.48. The first kappa shape index (κ1) is 15.1. The van der Waals surface area contributed by atoms with Gasteiger partial charge in [-0.1, -0.05) is 12.1 Å². The van der Waals surface area contributed by atoms with Crippen molar-refractivity contribution in [1.29, 1.82) is 0 Å². The van der Waals surface area contributed by atoms with E-state index in [0.29, 0.717) is 5.56 Å². The van der Waals surface area contributed by atoms with Gasteiger partial charge in [-0.3, -0.25) is 0 Å². The summed E-state index contributed by atoms with van der Waals surface area (Å²) < 4.78 is 38.2. The number of rotatable bonds is 3. The molecular formula is C13H13F3N2O3. The number of benzene rings is 1. The van der Waals surface area contributed by atoms with E-state index in [4.69, 9.17) is 5.11 Å². The summed E-state index contributed by atoms with van der Waals surface area (Å²) in [5, 5.41) is 13.1. The molecule has 1 fully saturated rings. The van der Waals surface area contributed by atoms with E-state index < -0.39 is 23.7 Å². The molecule has 0 saturated heterocycles. The molecule has 2 rings (SSSR count). The van der Waals surface area contributed by atoms with E-state index in [1.54, 1.807) is 0 Å². The summed E-state index contributed by atoms with van der Waals surface area (Å²) in [5.41, 5.74) is -1.98. The van der Waals surface area contributed by atoms with Crippen LogP contribution in [0.25, 0.3) is 0 Å². The first-order chi connectivity index (χ1) is 9.66. The topological polar surface area (TPSA) is 78.4 Å². The summed E-state index contributed by atoms with van der Waals surface area (Å²) >= 11 is 0. The second-order valence-electron chi connectivity index (χ2n) is 4.96. The molecule has 1 aliphatic carbocycles. The van der Waals surface area contributed by atoms with E-state index in [-0.39, 0.29) is 24.1 Å². The van der Waals surface area contributed by atoms with Gasteiger partial charge in [0.25, 0.3) is 0 Å². The fourth-order valence-electron chi connectivity index (χ4n) is 2.03. The minimum Gasteiger partial charge on any atom is -0.478 e. The molecule has 0 bridgehead atoms. The Morgan fingerprint density at radius 2 is 1.90 bits per heavy atom. The van der Waals surface area contributed by atoms with Gasteiger partial charge in [-0.05, 0) is 31.4 Å². The minimum absolute atomic E-state index is 0.0435. The smallest absolute Gasteiger partial charge is 0.411 e. The molecule has 1 aromatic rings. The summed E-state index contributed by atoms with van der Waals surface area (Å²) in [5.74, 6) is -1.26. The van der Waals surface area contributed by atoms with Gasteiger partial charge < -0.3 is 15.7 Å². The summed E-state index contributed by atoms with van der Waals surface area (Å²) in [7, 11) is 0. The summed E-state index contributed by atoms with van der Waals surface area (Å²) in [6, 6.07) is 3.29. The van der Waals surface area contributed by atoms with Crippen molar-refractivity contribution in [3.8, 4) is 0 Å². The summed E-state index contributed by atoms with van der Waals surface area (Å²) in [4.78, 5) is 22.8. The van der Waals surface area contributed by atoms with Crippen molar-refractivity contribution in [2.45, 2.75) is 31.5 Å². The number of carbonyl (C=O) groups is 2. The van der Waals surface area contributed by atoms with E-state index in [1.165, 1.54) is 25.1 Å². The molecule has 114 valence electrons. The molecule has 0 aromatic heterocycles. The Morgan fingerprint density at radius 1 is 1.29 bits per heavy atom. The number of hydrogen-bond donors (Lipinski definition) is 3. The molecule has 2 amide bonds. The maximum absolute atomic E-state index is 12.7. The Bertz CT molecular complexity index is 595. The lowest BCUT2D eigenvalue weighted by molar-refractivity contribution is -0.162. The van der Waals surface area contributed by atoms with Crippen molar-refractivity contribution in [2.24, 2.45) is 0 Å². The Balaban J connectivity index is 2.15. The van der Waals surface area contributed by atoms with Crippen LogP contribution in [0.5, 0.6) is 0 Å². The molecule has 0 atom stereocenters. The molecule has 21 heavy (non-hydrogen) atoms. The first-order valence-corrected chi connectivity index (χ1v) is 6.15. The van der Waals surface area contributed by atoms with E-state index in [1.807, 2.05) is 5.32 Å². The van der Waals surface area contributed by atoms with Crippen molar-refractivity contribution >= 4 is 17.7 Å². The molecule has 3 N–H and O–H groups in total. The highest BCUT2D eigenvalue weighted by Gasteiger charge is 2.64. The van der Waals surface area contributed by atoms with Crippen LogP contribution in [0.4, 0.5) is 23.7 Å². The normalized spacial score (nSPS) is 16.2. The zero-order chi connectivity index (χ0) is 15.8. The lowest BCUT2D eigenvalue weighted by Gasteiger charge is -2.21. The van der Waals surface area contributed by atoms with Gasteiger partial charge in [-0.25, -0.2) is 9.59 Å². The van der Waals surface area contributed by atoms with Crippen molar-refractivity contribution in [3.05, 3.63) is 29.3 Å². The number of carboxylic acids is 1. The van der Waals surface area contributed by atoms with Gasteiger partial charge in [-0.2, -0.15) is 13.2 Å². The molecule has 8 heteroatoms. The molecule has 0 aliphatic heterocycles. The van der Waals surface area contributed by atoms with Crippen LogP contribution in [0.15, 0.2) is 18.2 Å². The maximum atomic E-state index is 12.7. The van der Waals surface area contributed by atoms with Crippen molar-refractivity contribution in [2.75, 3.05) is 5.32 Å². The average molecular weight is 302 g/mol. The van der Waals surface area contributed by atoms with Crippen LogP contribution in [0, 0.1) is 6.92 Å². The number of anilines is 1. The molecule has 0 spiro atoms. The largest absolute Gasteiger partial charge is 0.478 e. The van der Waals surface area contributed by atoms with Gasteiger partial charge >= 0.3 is 18.2 Å². The number of aromatic carboxylic acids is 1. The van der Waals surface area contributed by atoms with Gasteiger partial charge in [0.2, 0.25) is 0 Å². The quantitative estimate of drug-likeness (QED) is 0.803. The summed E-state index contributed by atoms with van der Waals surface area (Å²) in [6.07, 6.45) is -4.88. The fraction of sp³-hybridized carbons (Fsp3) is 0.385. The van der Waals surface area contributed by atoms with Crippen molar-refractivity contribution in [1.82, 2.24) is 5.32 Å². The van der Waals surface area contributed by atoms with E-state index in [0.717, 1.165) is 0 Å². The average Bonchev–Trinajstić information content (AvgIpc) is 3.08.